The molecule has 0 saturated heterocycles. The SMILES string of the molecule is CCCCC(C(=O)OC)C(O)(CC)c1ccc(CC)cc1. The van der Waals surface area contributed by atoms with Crippen LogP contribution in [0.25, 0.3) is 0 Å². The van der Waals surface area contributed by atoms with Gasteiger partial charge in [0.05, 0.1) is 13.0 Å². The summed E-state index contributed by atoms with van der Waals surface area (Å²) in [5.41, 5.74) is 0.864. The summed E-state index contributed by atoms with van der Waals surface area (Å²) >= 11 is 0. The van der Waals surface area contributed by atoms with Crippen molar-refractivity contribution in [2.24, 2.45) is 5.92 Å². The van der Waals surface area contributed by atoms with E-state index in [9.17, 15) is 9.90 Å². The number of hydrogen-bond acceptors (Lipinski definition) is 3. The fourth-order valence-electron chi connectivity index (χ4n) is 2.78. The predicted molar refractivity (Wildman–Crippen MR) is 85.0 cm³/mol. The number of unbranched alkanes of at least 4 members (excludes halogenated alkanes) is 1. The number of carbonyl (C=O) groups is 1. The van der Waals surface area contributed by atoms with Crippen LogP contribution in [0.2, 0.25) is 0 Å². The van der Waals surface area contributed by atoms with Crippen molar-refractivity contribution in [1.82, 2.24) is 0 Å². The van der Waals surface area contributed by atoms with Crippen LogP contribution in [0.4, 0.5) is 0 Å². The van der Waals surface area contributed by atoms with Crippen LogP contribution in [-0.2, 0) is 21.6 Å². The van der Waals surface area contributed by atoms with E-state index >= 15 is 0 Å². The molecule has 1 aromatic carbocycles. The Morgan fingerprint density at radius 2 is 1.86 bits per heavy atom. The molecule has 21 heavy (non-hydrogen) atoms. The van der Waals surface area contributed by atoms with Gasteiger partial charge < -0.3 is 9.84 Å². The lowest BCUT2D eigenvalue weighted by atomic mass is 9.76. The molecular weight excluding hydrogens is 264 g/mol. The molecule has 0 aromatic heterocycles. The lowest BCUT2D eigenvalue weighted by Gasteiger charge is -2.34. The van der Waals surface area contributed by atoms with Crippen LogP contribution in [0, 0.1) is 5.92 Å². The molecule has 3 heteroatoms. The third-order valence-corrected chi connectivity index (χ3v) is 4.31. The number of benzene rings is 1. The minimum atomic E-state index is -1.16. The Kier molecular flexibility index (Phi) is 6.90. The van der Waals surface area contributed by atoms with Gasteiger partial charge in [0.2, 0.25) is 0 Å². The Bertz CT molecular complexity index is 438. The maximum atomic E-state index is 12.1. The van der Waals surface area contributed by atoms with Crippen LogP contribution in [0.5, 0.6) is 0 Å². The number of aliphatic hydroxyl groups is 1. The number of esters is 1. The number of rotatable bonds is 8. The Balaban J connectivity index is 3.14. The zero-order chi connectivity index (χ0) is 15.9. The smallest absolute Gasteiger partial charge is 0.311 e. The van der Waals surface area contributed by atoms with Crippen LogP contribution in [0.3, 0.4) is 0 Å². The molecule has 0 spiro atoms. The van der Waals surface area contributed by atoms with E-state index in [0.29, 0.717) is 12.8 Å². The monoisotopic (exact) mass is 292 g/mol. The van der Waals surface area contributed by atoms with Gasteiger partial charge in [0.1, 0.15) is 5.60 Å². The maximum absolute atomic E-state index is 12.1. The van der Waals surface area contributed by atoms with Crippen molar-refractivity contribution in [1.29, 1.82) is 0 Å². The average Bonchev–Trinajstić information content (AvgIpc) is 2.54. The zero-order valence-corrected chi connectivity index (χ0v) is 13.7. The summed E-state index contributed by atoms with van der Waals surface area (Å²) in [6, 6.07) is 7.91. The van der Waals surface area contributed by atoms with Gasteiger partial charge in [-0.1, -0.05) is 57.9 Å². The van der Waals surface area contributed by atoms with E-state index in [0.717, 1.165) is 24.8 Å². The third-order valence-electron chi connectivity index (χ3n) is 4.31. The van der Waals surface area contributed by atoms with Gasteiger partial charge in [-0.05, 0) is 30.4 Å². The van der Waals surface area contributed by atoms with Crippen molar-refractivity contribution in [3.63, 3.8) is 0 Å². The van der Waals surface area contributed by atoms with Gasteiger partial charge in [0.25, 0.3) is 0 Å². The Morgan fingerprint density at radius 1 is 1.24 bits per heavy atom. The number of hydrogen-bond donors (Lipinski definition) is 1. The molecule has 118 valence electrons. The summed E-state index contributed by atoms with van der Waals surface area (Å²) in [4.78, 5) is 12.1. The van der Waals surface area contributed by atoms with Crippen LogP contribution in [-0.4, -0.2) is 18.2 Å². The number of ether oxygens (including phenoxy) is 1. The Labute approximate surface area is 128 Å². The van der Waals surface area contributed by atoms with E-state index in [4.69, 9.17) is 4.74 Å². The van der Waals surface area contributed by atoms with Crippen LogP contribution in [0.1, 0.15) is 57.6 Å². The number of aryl methyl sites for hydroxylation is 1. The second-order valence-corrected chi connectivity index (χ2v) is 5.55. The van der Waals surface area contributed by atoms with Crippen molar-refractivity contribution in [3.8, 4) is 0 Å². The van der Waals surface area contributed by atoms with E-state index in [1.165, 1.54) is 12.7 Å². The molecular formula is C18H28O3. The molecule has 2 atom stereocenters. The number of carbonyl (C=O) groups excluding carboxylic acids is 1. The van der Waals surface area contributed by atoms with Crippen molar-refractivity contribution in [2.45, 2.75) is 58.5 Å². The van der Waals surface area contributed by atoms with E-state index in [2.05, 4.69) is 13.8 Å². The highest BCUT2D eigenvalue weighted by Crippen LogP contribution is 2.37. The Morgan fingerprint density at radius 3 is 2.29 bits per heavy atom. The van der Waals surface area contributed by atoms with Gasteiger partial charge in [0, 0.05) is 0 Å². The zero-order valence-electron chi connectivity index (χ0n) is 13.7. The first-order valence-corrected chi connectivity index (χ1v) is 7.93. The molecule has 0 aliphatic heterocycles. The van der Waals surface area contributed by atoms with Crippen LogP contribution >= 0.6 is 0 Å². The lowest BCUT2D eigenvalue weighted by Crippen LogP contribution is -2.40. The van der Waals surface area contributed by atoms with Gasteiger partial charge in [0.15, 0.2) is 0 Å². The third kappa shape index (κ3) is 4.07. The van der Waals surface area contributed by atoms with E-state index in [1.54, 1.807) is 0 Å². The minimum absolute atomic E-state index is 0.327. The quantitative estimate of drug-likeness (QED) is 0.741. The normalized spacial score (nSPS) is 15.3. The molecule has 0 amide bonds. The van der Waals surface area contributed by atoms with Crippen molar-refractivity contribution < 1.29 is 14.6 Å². The summed E-state index contributed by atoms with van der Waals surface area (Å²) < 4.78 is 4.92. The molecule has 3 nitrogen and oxygen atoms in total. The average molecular weight is 292 g/mol. The minimum Gasteiger partial charge on any atom is -0.469 e. The van der Waals surface area contributed by atoms with Crippen molar-refractivity contribution >= 4 is 5.97 Å². The molecule has 1 rings (SSSR count). The molecule has 0 heterocycles. The van der Waals surface area contributed by atoms with Gasteiger partial charge in [-0.2, -0.15) is 0 Å². The molecule has 0 bridgehead atoms. The maximum Gasteiger partial charge on any atom is 0.311 e. The first-order chi connectivity index (χ1) is 10.0. The van der Waals surface area contributed by atoms with E-state index in [1.807, 2.05) is 31.2 Å². The second kappa shape index (κ2) is 8.18. The second-order valence-electron chi connectivity index (χ2n) is 5.55. The largest absolute Gasteiger partial charge is 0.469 e. The number of methoxy groups -OCH3 is 1. The summed E-state index contributed by atoms with van der Waals surface area (Å²) in [5.74, 6) is -0.840. The molecule has 1 aromatic rings. The van der Waals surface area contributed by atoms with Gasteiger partial charge in [-0.15, -0.1) is 0 Å². The van der Waals surface area contributed by atoms with Gasteiger partial charge in [-0.3, -0.25) is 4.79 Å². The standard InChI is InChI=1S/C18H28O3/c1-5-8-9-16(17(19)21-4)18(20,7-3)15-12-10-14(6-2)11-13-15/h10-13,16,20H,5-9H2,1-4H3. The fourth-order valence-corrected chi connectivity index (χ4v) is 2.78. The van der Waals surface area contributed by atoms with E-state index < -0.39 is 11.5 Å². The molecule has 0 aliphatic carbocycles. The topological polar surface area (TPSA) is 46.5 Å². The molecule has 0 saturated carbocycles. The molecule has 0 aliphatic rings. The van der Waals surface area contributed by atoms with E-state index in [-0.39, 0.29) is 5.97 Å². The first-order valence-electron chi connectivity index (χ1n) is 7.93. The predicted octanol–water partition coefficient (Wildman–Crippen LogP) is 3.83. The van der Waals surface area contributed by atoms with Gasteiger partial charge in [-0.25, -0.2) is 0 Å². The molecule has 1 N–H and O–H groups in total. The molecule has 0 fully saturated rings. The highest BCUT2D eigenvalue weighted by atomic mass is 16.5. The summed E-state index contributed by atoms with van der Waals surface area (Å²) in [6.45, 7) is 6.09. The first kappa shape index (κ1) is 17.7. The molecule has 0 radical (unpaired) electrons. The van der Waals surface area contributed by atoms with Crippen LogP contribution in [0.15, 0.2) is 24.3 Å². The van der Waals surface area contributed by atoms with Crippen molar-refractivity contribution in [3.05, 3.63) is 35.4 Å². The highest BCUT2D eigenvalue weighted by molar-refractivity contribution is 5.74. The van der Waals surface area contributed by atoms with Crippen molar-refractivity contribution in [2.75, 3.05) is 7.11 Å². The van der Waals surface area contributed by atoms with Gasteiger partial charge >= 0.3 is 5.97 Å². The summed E-state index contributed by atoms with van der Waals surface area (Å²) in [6.07, 6.45) is 3.98. The summed E-state index contributed by atoms with van der Waals surface area (Å²) in [5, 5.41) is 11.1. The highest BCUT2D eigenvalue weighted by Gasteiger charge is 2.41. The Hall–Kier alpha value is -1.35. The summed E-state index contributed by atoms with van der Waals surface area (Å²) in [7, 11) is 1.39. The fraction of sp³-hybridized carbons (Fsp3) is 0.611. The lowest BCUT2D eigenvalue weighted by molar-refractivity contribution is -0.158. The molecule has 2 unspecified atom stereocenters. The van der Waals surface area contributed by atoms with Crippen LogP contribution < -0.4 is 0 Å².